The molecule has 0 spiro atoms. The van der Waals surface area contributed by atoms with Crippen molar-refractivity contribution in [1.82, 2.24) is 14.0 Å². The summed E-state index contributed by atoms with van der Waals surface area (Å²) in [5, 5.41) is 9.08. The van der Waals surface area contributed by atoms with Gasteiger partial charge in [-0.1, -0.05) is 13.0 Å². The zero-order valence-corrected chi connectivity index (χ0v) is 10.2. The molecule has 2 aromatic heterocycles. The van der Waals surface area contributed by atoms with Gasteiger partial charge in [-0.15, -0.1) is 0 Å². The van der Waals surface area contributed by atoms with Gasteiger partial charge in [-0.05, 0) is 24.1 Å². The first-order chi connectivity index (χ1) is 8.61. The second-order valence-electron chi connectivity index (χ2n) is 4.34. The van der Waals surface area contributed by atoms with Crippen molar-refractivity contribution in [3.63, 3.8) is 0 Å². The highest BCUT2D eigenvalue weighted by atomic mass is 16.4. The molecule has 0 aliphatic heterocycles. The lowest BCUT2D eigenvalue weighted by atomic mass is 10.1. The monoisotopic (exact) mass is 243 g/mol. The predicted molar refractivity (Wildman–Crippen MR) is 68.0 cm³/mol. The maximum atomic E-state index is 11.1. The van der Waals surface area contributed by atoms with Crippen LogP contribution in [0.15, 0.2) is 24.4 Å². The molecule has 5 heteroatoms. The fraction of sp³-hybridized carbons (Fsp3) is 0.231. The van der Waals surface area contributed by atoms with Gasteiger partial charge in [0.15, 0.2) is 0 Å². The summed E-state index contributed by atoms with van der Waals surface area (Å²) in [4.78, 5) is 15.6. The van der Waals surface area contributed by atoms with Gasteiger partial charge in [0.25, 0.3) is 0 Å². The van der Waals surface area contributed by atoms with E-state index >= 15 is 0 Å². The predicted octanol–water partition coefficient (Wildman–Crippen LogP) is 2.09. The number of benzene rings is 1. The van der Waals surface area contributed by atoms with Crippen LogP contribution in [0.5, 0.6) is 0 Å². The average Bonchev–Trinajstić information content (AvgIpc) is 2.86. The number of carboxylic acid groups (broad SMARTS) is 1. The van der Waals surface area contributed by atoms with E-state index < -0.39 is 5.97 Å². The summed E-state index contributed by atoms with van der Waals surface area (Å²) in [6.07, 6.45) is 2.57. The first-order valence-electron chi connectivity index (χ1n) is 5.81. The van der Waals surface area contributed by atoms with Crippen molar-refractivity contribution < 1.29 is 9.90 Å². The second kappa shape index (κ2) is 3.60. The molecule has 2 heterocycles. The number of hydrogen-bond donors (Lipinski definition) is 1. The minimum Gasteiger partial charge on any atom is -0.477 e. The Bertz CT molecular complexity index is 767. The molecule has 3 aromatic rings. The third kappa shape index (κ3) is 1.33. The number of carboxylic acids is 1. The van der Waals surface area contributed by atoms with Gasteiger partial charge in [-0.2, -0.15) is 0 Å². The van der Waals surface area contributed by atoms with Crippen LogP contribution in [0.4, 0.5) is 0 Å². The smallest absolute Gasteiger partial charge is 0.354 e. The third-order valence-electron chi connectivity index (χ3n) is 3.28. The van der Waals surface area contributed by atoms with Crippen LogP contribution in [-0.4, -0.2) is 25.0 Å². The molecule has 0 aliphatic rings. The average molecular weight is 243 g/mol. The van der Waals surface area contributed by atoms with Crippen LogP contribution < -0.4 is 0 Å². The van der Waals surface area contributed by atoms with E-state index in [9.17, 15) is 4.79 Å². The number of aryl methyl sites for hydroxylation is 2. The van der Waals surface area contributed by atoms with Crippen molar-refractivity contribution in [2.24, 2.45) is 7.05 Å². The Morgan fingerprint density at radius 1 is 1.44 bits per heavy atom. The number of carbonyl (C=O) groups is 1. The number of nitrogens with zero attached hydrogens (tertiary/aromatic N) is 3. The maximum Gasteiger partial charge on any atom is 0.354 e. The summed E-state index contributed by atoms with van der Waals surface area (Å²) in [6, 6.07) is 6.08. The Labute approximate surface area is 103 Å². The molecule has 18 heavy (non-hydrogen) atoms. The number of aromatic carboxylic acids is 1. The fourth-order valence-corrected chi connectivity index (χ4v) is 2.23. The zero-order valence-electron chi connectivity index (χ0n) is 10.2. The summed E-state index contributed by atoms with van der Waals surface area (Å²) in [5.74, 6) is -0.294. The number of fused-ring (bicyclic) bond motifs is 3. The summed E-state index contributed by atoms with van der Waals surface area (Å²) >= 11 is 0. The molecule has 0 aliphatic carbocycles. The van der Waals surface area contributed by atoms with Crippen molar-refractivity contribution in [2.75, 3.05) is 0 Å². The van der Waals surface area contributed by atoms with Crippen molar-refractivity contribution >= 4 is 22.8 Å². The molecule has 1 N–H and O–H groups in total. The molecular formula is C13H13N3O2. The standard InChI is InChI=1S/C13H13N3O2/c1-3-8-4-5-10-9(6-8)14-13-15(2)11(12(17)18)7-16(10)13/h4-7H,3H2,1-2H3,(H,17,18). The molecule has 0 saturated heterocycles. The Balaban J connectivity index is 2.36. The molecule has 92 valence electrons. The van der Waals surface area contributed by atoms with Crippen LogP contribution >= 0.6 is 0 Å². The van der Waals surface area contributed by atoms with Gasteiger partial charge in [0.05, 0.1) is 11.0 Å². The van der Waals surface area contributed by atoms with Gasteiger partial charge in [0.2, 0.25) is 5.78 Å². The second-order valence-corrected chi connectivity index (χ2v) is 4.34. The van der Waals surface area contributed by atoms with E-state index in [1.54, 1.807) is 17.8 Å². The van der Waals surface area contributed by atoms with Gasteiger partial charge in [-0.25, -0.2) is 9.78 Å². The van der Waals surface area contributed by atoms with Crippen molar-refractivity contribution in [1.29, 1.82) is 0 Å². The van der Waals surface area contributed by atoms with Crippen LogP contribution in [0, 0.1) is 0 Å². The Hall–Kier alpha value is -2.30. The molecule has 0 amide bonds. The minimum absolute atomic E-state index is 0.235. The molecule has 1 aromatic carbocycles. The highest BCUT2D eigenvalue weighted by Gasteiger charge is 2.15. The fourth-order valence-electron chi connectivity index (χ4n) is 2.23. The van der Waals surface area contributed by atoms with Gasteiger partial charge < -0.3 is 9.67 Å². The lowest BCUT2D eigenvalue weighted by Crippen LogP contribution is -2.03. The van der Waals surface area contributed by atoms with E-state index in [2.05, 4.69) is 11.9 Å². The van der Waals surface area contributed by atoms with Crippen LogP contribution in [0.1, 0.15) is 23.0 Å². The van der Waals surface area contributed by atoms with E-state index in [0.717, 1.165) is 17.5 Å². The van der Waals surface area contributed by atoms with E-state index in [1.165, 1.54) is 5.56 Å². The van der Waals surface area contributed by atoms with E-state index in [4.69, 9.17) is 5.11 Å². The first-order valence-corrected chi connectivity index (χ1v) is 5.81. The van der Waals surface area contributed by atoms with E-state index in [0.29, 0.717) is 5.78 Å². The molecular weight excluding hydrogens is 230 g/mol. The van der Waals surface area contributed by atoms with Crippen LogP contribution in [-0.2, 0) is 13.5 Å². The largest absolute Gasteiger partial charge is 0.477 e. The van der Waals surface area contributed by atoms with Crippen molar-refractivity contribution in [2.45, 2.75) is 13.3 Å². The van der Waals surface area contributed by atoms with Gasteiger partial charge in [0.1, 0.15) is 5.69 Å². The summed E-state index contributed by atoms with van der Waals surface area (Å²) in [5.41, 5.74) is 3.30. The Morgan fingerprint density at radius 3 is 2.89 bits per heavy atom. The molecule has 0 atom stereocenters. The normalized spacial score (nSPS) is 11.4. The van der Waals surface area contributed by atoms with Crippen LogP contribution in [0.2, 0.25) is 0 Å². The molecule has 5 nitrogen and oxygen atoms in total. The Kier molecular flexibility index (Phi) is 2.16. The molecule has 0 saturated carbocycles. The first kappa shape index (κ1) is 10.8. The molecule has 0 bridgehead atoms. The quantitative estimate of drug-likeness (QED) is 0.749. The van der Waals surface area contributed by atoms with Crippen LogP contribution in [0.3, 0.4) is 0 Å². The van der Waals surface area contributed by atoms with E-state index in [-0.39, 0.29) is 5.69 Å². The molecule has 0 radical (unpaired) electrons. The third-order valence-corrected chi connectivity index (χ3v) is 3.28. The summed E-state index contributed by atoms with van der Waals surface area (Å²) in [7, 11) is 1.71. The van der Waals surface area contributed by atoms with Gasteiger partial charge in [0, 0.05) is 13.2 Å². The number of imidazole rings is 2. The zero-order chi connectivity index (χ0) is 12.9. The topological polar surface area (TPSA) is 59.5 Å². The number of aromatic nitrogens is 3. The number of rotatable bonds is 2. The number of hydrogen-bond acceptors (Lipinski definition) is 2. The van der Waals surface area contributed by atoms with Gasteiger partial charge >= 0.3 is 5.97 Å². The van der Waals surface area contributed by atoms with E-state index in [1.807, 2.05) is 22.6 Å². The Morgan fingerprint density at radius 2 is 2.22 bits per heavy atom. The minimum atomic E-state index is -0.943. The molecule has 0 fully saturated rings. The van der Waals surface area contributed by atoms with Crippen molar-refractivity contribution in [3.05, 3.63) is 35.7 Å². The molecule has 0 unspecified atom stereocenters. The van der Waals surface area contributed by atoms with Crippen LogP contribution in [0.25, 0.3) is 16.8 Å². The maximum absolute atomic E-state index is 11.1. The highest BCUT2D eigenvalue weighted by molar-refractivity contribution is 5.88. The lowest BCUT2D eigenvalue weighted by molar-refractivity contribution is 0.0687. The summed E-state index contributed by atoms with van der Waals surface area (Å²) in [6.45, 7) is 2.10. The molecule has 3 rings (SSSR count). The highest BCUT2D eigenvalue weighted by Crippen LogP contribution is 2.20. The lowest BCUT2D eigenvalue weighted by Gasteiger charge is -1.96. The van der Waals surface area contributed by atoms with Gasteiger partial charge in [-0.3, -0.25) is 4.40 Å². The summed E-state index contributed by atoms with van der Waals surface area (Å²) < 4.78 is 3.41. The SMILES string of the molecule is CCc1ccc2c(c1)nc1n(C)c(C(=O)O)cn21. The van der Waals surface area contributed by atoms with Crippen molar-refractivity contribution in [3.8, 4) is 0 Å².